The van der Waals surface area contributed by atoms with Gasteiger partial charge in [0.05, 0.1) is 5.52 Å². The van der Waals surface area contributed by atoms with Crippen LogP contribution in [0.3, 0.4) is 0 Å². The third-order valence-electron chi connectivity index (χ3n) is 3.34. The van der Waals surface area contributed by atoms with Crippen molar-refractivity contribution >= 4 is 16.6 Å². The Morgan fingerprint density at radius 2 is 2.12 bits per heavy atom. The number of aromatic nitrogens is 1. The van der Waals surface area contributed by atoms with Crippen molar-refractivity contribution in [1.29, 1.82) is 0 Å². The van der Waals surface area contributed by atoms with E-state index < -0.39 is 0 Å². The quantitative estimate of drug-likeness (QED) is 0.726. The zero-order valence-electron chi connectivity index (χ0n) is 9.29. The average Bonchev–Trinajstić information content (AvgIpc) is 2.33. The van der Waals surface area contributed by atoms with E-state index in [4.69, 9.17) is 0 Å². The second-order valence-corrected chi connectivity index (χ2v) is 4.29. The van der Waals surface area contributed by atoms with Crippen LogP contribution in [-0.2, 0) is 13.5 Å². The lowest BCUT2D eigenvalue weighted by atomic mass is 9.98. The van der Waals surface area contributed by atoms with Crippen molar-refractivity contribution in [2.75, 3.05) is 11.9 Å². The zero-order chi connectivity index (χ0) is 11.1. The monoisotopic (exact) mass is 214 g/mol. The van der Waals surface area contributed by atoms with Crippen LogP contribution >= 0.6 is 0 Å². The van der Waals surface area contributed by atoms with Gasteiger partial charge in [0.2, 0.25) is 0 Å². The number of rotatable bonds is 0. The van der Waals surface area contributed by atoms with Crippen LogP contribution in [0.4, 0.5) is 5.69 Å². The Kier molecular flexibility index (Phi) is 1.99. The summed E-state index contributed by atoms with van der Waals surface area (Å²) in [6.07, 6.45) is 2.26. The molecule has 0 fully saturated rings. The molecule has 0 bridgehead atoms. The van der Waals surface area contributed by atoms with Crippen LogP contribution in [0, 0.1) is 0 Å². The van der Waals surface area contributed by atoms with Gasteiger partial charge >= 0.3 is 0 Å². The van der Waals surface area contributed by atoms with Crippen molar-refractivity contribution in [2.45, 2.75) is 12.8 Å². The lowest BCUT2D eigenvalue weighted by Gasteiger charge is -2.20. The van der Waals surface area contributed by atoms with Gasteiger partial charge in [0, 0.05) is 30.7 Å². The molecule has 82 valence electrons. The second kappa shape index (κ2) is 3.37. The third kappa shape index (κ3) is 1.24. The number of anilines is 1. The number of fused-ring (bicyclic) bond motifs is 3. The van der Waals surface area contributed by atoms with Crippen molar-refractivity contribution in [3.63, 3.8) is 0 Å². The van der Waals surface area contributed by atoms with Crippen molar-refractivity contribution < 1.29 is 0 Å². The van der Waals surface area contributed by atoms with Crippen molar-refractivity contribution in [3.8, 4) is 0 Å². The zero-order valence-corrected chi connectivity index (χ0v) is 9.29. The Balaban J connectivity index is 2.41. The first kappa shape index (κ1) is 9.46. The van der Waals surface area contributed by atoms with Gasteiger partial charge in [-0.3, -0.25) is 4.79 Å². The van der Waals surface area contributed by atoms with Crippen LogP contribution < -0.4 is 10.9 Å². The average molecular weight is 214 g/mol. The Bertz CT molecular complexity index is 613. The summed E-state index contributed by atoms with van der Waals surface area (Å²) in [5, 5.41) is 4.60. The fourth-order valence-corrected chi connectivity index (χ4v) is 2.44. The van der Waals surface area contributed by atoms with Gasteiger partial charge in [-0.05, 0) is 36.6 Å². The Labute approximate surface area is 93.7 Å². The molecule has 0 unspecified atom stereocenters. The summed E-state index contributed by atoms with van der Waals surface area (Å²) in [7, 11) is 1.83. The minimum atomic E-state index is 0.0521. The molecule has 1 N–H and O–H groups in total. The van der Waals surface area contributed by atoms with Gasteiger partial charge in [-0.25, -0.2) is 0 Å². The summed E-state index contributed by atoms with van der Waals surface area (Å²) in [6.45, 7) is 1.05. The molecule has 0 spiro atoms. The van der Waals surface area contributed by atoms with Gasteiger partial charge in [0.15, 0.2) is 0 Å². The standard InChI is InChI=1S/C13H14N2O/c1-15-12-6-5-11-9(3-2-8-14-11)10(12)4-7-13(15)16/h4-7,14H,2-3,8H2,1H3. The van der Waals surface area contributed by atoms with E-state index >= 15 is 0 Å². The number of aryl methyl sites for hydroxylation is 2. The predicted octanol–water partition coefficient (Wildman–Crippen LogP) is 1.90. The fourth-order valence-electron chi connectivity index (χ4n) is 2.44. The number of hydrogen-bond donors (Lipinski definition) is 1. The summed E-state index contributed by atoms with van der Waals surface area (Å²) in [5.41, 5.74) is 3.64. The molecule has 2 aromatic rings. The van der Waals surface area contributed by atoms with E-state index in [1.165, 1.54) is 16.6 Å². The molecule has 0 atom stereocenters. The SMILES string of the molecule is Cn1c(=O)ccc2c3c(ccc21)NCCC3. The van der Waals surface area contributed by atoms with E-state index in [0.717, 1.165) is 24.9 Å². The molecule has 2 heterocycles. The van der Waals surface area contributed by atoms with Crippen molar-refractivity contribution in [3.05, 3.63) is 40.2 Å². The Morgan fingerprint density at radius 1 is 1.25 bits per heavy atom. The van der Waals surface area contributed by atoms with Gasteiger partial charge < -0.3 is 9.88 Å². The number of benzene rings is 1. The first-order chi connectivity index (χ1) is 7.77. The number of nitrogens with zero attached hydrogens (tertiary/aromatic N) is 1. The maximum absolute atomic E-state index is 11.5. The molecule has 0 aliphatic carbocycles. The molecule has 0 amide bonds. The van der Waals surface area contributed by atoms with E-state index in [1.54, 1.807) is 10.6 Å². The van der Waals surface area contributed by atoms with Gasteiger partial charge in [-0.1, -0.05) is 0 Å². The molecular weight excluding hydrogens is 200 g/mol. The fraction of sp³-hybridized carbons (Fsp3) is 0.308. The predicted molar refractivity (Wildman–Crippen MR) is 66.0 cm³/mol. The first-order valence-electron chi connectivity index (χ1n) is 5.63. The summed E-state index contributed by atoms with van der Waals surface area (Å²) in [6, 6.07) is 7.70. The summed E-state index contributed by atoms with van der Waals surface area (Å²) in [5.74, 6) is 0. The largest absolute Gasteiger partial charge is 0.385 e. The van der Waals surface area contributed by atoms with Crippen LogP contribution in [0.1, 0.15) is 12.0 Å². The molecule has 1 aliphatic rings. The summed E-state index contributed by atoms with van der Waals surface area (Å²) < 4.78 is 1.71. The van der Waals surface area contributed by atoms with E-state index in [0.29, 0.717) is 0 Å². The summed E-state index contributed by atoms with van der Waals surface area (Å²) >= 11 is 0. The molecule has 3 heteroatoms. The number of nitrogens with one attached hydrogen (secondary N) is 1. The van der Waals surface area contributed by atoms with Gasteiger partial charge in [0.25, 0.3) is 5.56 Å². The maximum Gasteiger partial charge on any atom is 0.250 e. The molecule has 1 aromatic heterocycles. The topological polar surface area (TPSA) is 34.0 Å². The van der Waals surface area contributed by atoms with Crippen LogP contribution in [0.2, 0.25) is 0 Å². The molecule has 16 heavy (non-hydrogen) atoms. The van der Waals surface area contributed by atoms with Gasteiger partial charge in [-0.2, -0.15) is 0 Å². The first-order valence-corrected chi connectivity index (χ1v) is 5.63. The highest BCUT2D eigenvalue weighted by atomic mass is 16.1. The van der Waals surface area contributed by atoms with Gasteiger partial charge in [0.1, 0.15) is 0 Å². The van der Waals surface area contributed by atoms with E-state index in [2.05, 4.69) is 11.4 Å². The van der Waals surface area contributed by atoms with Crippen LogP contribution in [-0.4, -0.2) is 11.1 Å². The van der Waals surface area contributed by atoms with E-state index in [1.807, 2.05) is 19.2 Å². The van der Waals surface area contributed by atoms with Crippen molar-refractivity contribution in [2.24, 2.45) is 7.05 Å². The number of hydrogen-bond acceptors (Lipinski definition) is 2. The highest BCUT2D eigenvalue weighted by molar-refractivity contribution is 5.88. The van der Waals surface area contributed by atoms with Crippen molar-refractivity contribution in [1.82, 2.24) is 4.57 Å². The highest BCUT2D eigenvalue weighted by Gasteiger charge is 2.12. The molecule has 3 nitrogen and oxygen atoms in total. The number of pyridine rings is 1. The minimum absolute atomic E-state index is 0.0521. The second-order valence-electron chi connectivity index (χ2n) is 4.29. The highest BCUT2D eigenvalue weighted by Crippen LogP contribution is 2.28. The van der Waals surface area contributed by atoms with Crippen LogP contribution in [0.15, 0.2) is 29.1 Å². The normalized spacial score (nSPS) is 14.6. The Hall–Kier alpha value is -1.77. The lowest BCUT2D eigenvalue weighted by molar-refractivity contribution is 0.833. The van der Waals surface area contributed by atoms with Crippen LogP contribution in [0.5, 0.6) is 0 Å². The minimum Gasteiger partial charge on any atom is -0.385 e. The summed E-state index contributed by atoms with van der Waals surface area (Å²) in [4.78, 5) is 11.5. The molecule has 1 aromatic carbocycles. The molecule has 1 aliphatic heterocycles. The maximum atomic E-state index is 11.5. The van der Waals surface area contributed by atoms with Crippen LogP contribution in [0.25, 0.3) is 10.9 Å². The molecule has 3 rings (SSSR count). The molecular formula is C13H14N2O. The molecule has 0 radical (unpaired) electrons. The third-order valence-corrected chi connectivity index (χ3v) is 3.34. The lowest BCUT2D eigenvalue weighted by Crippen LogP contribution is -2.17. The van der Waals surface area contributed by atoms with Gasteiger partial charge in [-0.15, -0.1) is 0 Å². The van der Waals surface area contributed by atoms with E-state index in [9.17, 15) is 4.79 Å². The smallest absolute Gasteiger partial charge is 0.250 e. The molecule has 0 saturated heterocycles. The van der Waals surface area contributed by atoms with E-state index in [-0.39, 0.29) is 5.56 Å². The molecule has 0 saturated carbocycles. The Morgan fingerprint density at radius 3 is 3.00 bits per heavy atom.